The number of nitrogens with zero attached hydrogens (tertiary/aromatic N) is 1. The second kappa shape index (κ2) is 3.91. The largest absolute Gasteiger partial charge is 0.456 e. The van der Waals surface area contributed by atoms with Gasteiger partial charge in [0.15, 0.2) is 0 Å². The van der Waals surface area contributed by atoms with Gasteiger partial charge in [0, 0.05) is 23.5 Å². The van der Waals surface area contributed by atoms with Crippen LogP contribution in [-0.4, -0.2) is 4.98 Å². The van der Waals surface area contributed by atoms with E-state index in [1.54, 1.807) is 12.4 Å². The van der Waals surface area contributed by atoms with E-state index in [-0.39, 0.29) is 0 Å². The van der Waals surface area contributed by atoms with Gasteiger partial charge in [0.1, 0.15) is 11.5 Å². The van der Waals surface area contributed by atoms with E-state index < -0.39 is 0 Å². The molecule has 0 unspecified atom stereocenters. The van der Waals surface area contributed by atoms with E-state index >= 15 is 0 Å². The van der Waals surface area contributed by atoms with E-state index in [4.69, 9.17) is 4.74 Å². The molecule has 82 valence electrons. The van der Waals surface area contributed by atoms with Crippen molar-refractivity contribution >= 4 is 11.3 Å². The van der Waals surface area contributed by atoms with Gasteiger partial charge >= 0.3 is 0 Å². The first-order chi connectivity index (χ1) is 8.34. The monoisotopic (exact) mass is 221 g/mol. The summed E-state index contributed by atoms with van der Waals surface area (Å²) in [5, 5.41) is 0. The molecule has 0 spiro atoms. The van der Waals surface area contributed by atoms with Crippen molar-refractivity contribution in [2.75, 3.05) is 0 Å². The molecule has 1 aromatic heterocycles. The molecule has 2 heteroatoms. The number of hydrogen-bond donors (Lipinski definition) is 0. The Morgan fingerprint density at radius 3 is 2.59 bits per heavy atom. The van der Waals surface area contributed by atoms with Gasteiger partial charge in [-0.3, -0.25) is 4.98 Å². The number of benzene rings is 1. The van der Waals surface area contributed by atoms with Crippen LogP contribution in [0.4, 0.5) is 0 Å². The number of fused-ring (bicyclic) bond motifs is 1. The second-order valence-electron chi connectivity index (χ2n) is 3.87. The van der Waals surface area contributed by atoms with Gasteiger partial charge in [-0.1, -0.05) is 24.8 Å². The van der Waals surface area contributed by atoms with Gasteiger partial charge in [0.25, 0.3) is 0 Å². The van der Waals surface area contributed by atoms with Crippen molar-refractivity contribution in [3.8, 4) is 5.75 Å². The van der Waals surface area contributed by atoms with Gasteiger partial charge in [0.05, 0.1) is 0 Å². The number of allylic oxidation sites excluding steroid dienone is 2. The van der Waals surface area contributed by atoms with E-state index in [1.165, 1.54) is 0 Å². The molecule has 0 saturated carbocycles. The number of rotatable bonds is 1. The number of pyridine rings is 1. The highest BCUT2D eigenvalue weighted by atomic mass is 16.5. The highest BCUT2D eigenvalue weighted by Gasteiger charge is 2.15. The van der Waals surface area contributed by atoms with Crippen LogP contribution in [0.3, 0.4) is 0 Å². The van der Waals surface area contributed by atoms with Gasteiger partial charge in [-0.05, 0) is 29.8 Å². The molecule has 2 heterocycles. The molecule has 1 aliphatic heterocycles. The first-order valence-corrected chi connectivity index (χ1v) is 5.43. The third kappa shape index (κ3) is 1.74. The Balaban J connectivity index is 2.05. The SMILES string of the molecule is C=C1C=C(c2ccncc2)Oc2ccccc21. The van der Waals surface area contributed by atoms with Crippen LogP contribution in [0.5, 0.6) is 5.75 Å². The minimum absolute atomic E-state index is 0.816. The van der Waals surface area contributed by atoms with Gasteiger partial charge in [-0.2, -0.15) is 0 Å². The van der Waals surface area contributed by atoms with Gasteiger partial charge in [0.2, 0.25) is 0 Å². The maximum absolute atomic E-state index is 5.86. The number of hydrogen-bond acceptors (Lipinski definition) is 2. The summed E-state index contributed by atoms with van der Waals surface area (Å²) in [7, 11) is 0. The Kier molecular flexibility index (Phi) is 2.26. The first-order valence-electron chi connectivity index (χ1n) is 5.43. The fourth-order valence-electron chi connectivity index (χ4n) is 1.86. The van der Waals surface area contributed by atoms with Crippen LogP contribution in [0.25, 0.3) is 11.3 Å². The van der Waals surface area contributed by atoms with Crippen molar-refractivity contribution in [2.45, 2.75) is 0 Å². The zero-order valence-electron chi connectivity index (χ0n) is 9.26. The average molecular weight is 221 g/mol. The van der Waals surface area contributed by atoms with E-state index in [0.29, 0.717) is 0 Å². The number of ether oxygens (including phenoxy) is 1. The smallest absolute Gasteiger partial charge is 0.135 e. The predicted molar refractivity (Wildman–Crippen MR) is 68.3 cm³/mol. The Morgan fingerprint density at radius 1 is 1.00 bits per heavy atom. The summed E-state index contributed by atoms with van der Waals surface area (Å²) in [4.78, 5) is 4.00. The number of para-hydroxylation sites is 1. The van der Waals surface area contributed by atoms with Crippen molar-refractivity contribution in [1.29, 1.82) is 0 Å². The molecule has 0 aliphatic carbocycles. The highest BCUT2D eigenvalue weighted by Crippen LogP contribution is 2.35. The fraction of sp³-hybridized carbons (Fsp3) is 0. The summed E-state index contributed by atoms with van der Waals surface area (Å²) >= 11 is 0. The molecule has 0 amide bonds. The molecular weight excluding hydrogens is 210 g/mol. The zero-order valence-corrected chi connectivity index (χ0v) is 9.26. The zero-order chi connectivity index (χ0) is 11.7. The van der Waals surface area contributed by atoms with Crippen molar-refractivity contribution in [3.05, 3.63) is 72.6 Å². The Bertz CT molecular complexity index is 599. The molecule has 0 radical (unpaired) electrons. The normalized spacial score (nSPS) is 13.6. The van der Waals surface area contributed by atoms with Gasteiger partial charge < -0.3 is 4.74 Å². The lowest BCUT2D eigenvalue weighted by molar-refractivity contribution is 0.509. The van der Waals surface area contributed by atoms with Crippen molar-refractivity contribution in [3.63, 3.8) is 0 Å². The maximum Gasteiger partial charge on any atom is 0.135 e. The third-order valence-corrected chi connectivity index (χ3v) is 2.72. The summed E-state index contributed by atoms with van der Waals surface area (Å²) in [6, 6.07) is 11.8. The summed E-state index contributed by atoms with van der Waals surface area (Å²) in [5.74, 6) is 1.67. The van der Waals surface area contributed by atoms with Crippen LogP contribution in [0.2, 0.25) is 0 Å². The molecule has 1 aromatic carbocycles. The highest BCUT2D eigenvalue weighted by molar-refractivity contribution is 5.86. The molecule has 1 aliphatic rings. The van der Waals surface area contributed by atoms with Crippen LogP contribution in [-0.2, 0) is 0 Å². The van der Waals surface area contributed by atoms with E-state index in [2.05, 4.69) is 11.6 Å². The Hall–Kier alpha value is -2.35. The molecule has 3 rings (SSSR count). The lowest BCUT2D eigenvalue weighted by atomic mass is 10.0. The molecular formula is C15H11NO. The van der Waals surface area contributed by atoms with Crippen LogP contribution < -0.4 is 4.74 Å². The molecule has 0 saturated heterocycles. The lowest BCUT2D eigenvalue weighted by Crippen LogP contribution is -2.02. The lowest BCUT2D eigenvalue weighted by Gasteiger charge is -2.19. The first kappa shape index (κ1) is 9.85. The quantitative estimate of drug-likeness (QED) is 0.735. The fourth-order valence-corrected chi connectivity index (χ4v) is 1.86. The second-order valence-corrected chi connectivity index (χ2v) is 3.87. The molecule has 0 fully saturated rings. The average Bonchev–Trinajstić information content (AvgIpc) is 2.40. The van der Waals surface area contributed by atoms with Crippen LogP contribution in [0.15, 0.2) is 61.4 Å². The van der Waals surface area contributed by atoms with Crippen molar-refractivity contribution < 1.29 is 4.74 Å². The van der Waals surface area contributed by atoms with Crippen molar-refractivity contribution in [2.24, 2.45) is 0 Å². The molecule has 17 heavy (non-hydrogen) atoms. The maximum atomic E-state index is 5.86. The predicted octanol–water partition coefficient (Wildman–Crippen LogP) is 3.53. The third-order valence-electron chi connectivity index (χ3n) is 2.72. The Labute approximate surface area is 99.9 Å². The molecule has 0 bridgehead atoms. The summed E-state index contributed by atoms with van der Waals surface area (Å²) in [6.07, 6.45) is 5.46. The standard InChI is InChI=1S/C15H11NO/c1-11-10-15(12-6-8-16-9-7-12)17-14-5-3-2-4-13(11)14/h2-10H,1H2. The molecule has 2 nitrogen and oxygen atoms in total. The van der Waals surface area contributed by atoms with E-state index in [1.807, 2.05) is 42.5 Å². The van der Waals surface area contributed by atoms with Crippen LogP contribution in [0, 0.1) is 0 Å². The summed E-state index contributed by atoms with van der Waals surface area (Å²) < 4.78 is 5.86. The number of aromatic nitrogens is 1. The molecule has 0 atom stereocenters. The van der Waals surface area contributed by atoms with Crippen molar-refractivity contribution in [1.82, 2.24) is 4.98 Å². The molecule has 0 N–H and O–H groups in total. The van der Waals surface area contributed by atoms with E-state index in [9.17, 15) is 0 Å². The minimum Gasteiger partial charge on any atom is -0.456 e. The summed E-state index contributed by atoms with van der Waals surface area (Å²) in [6.45, 7) is 4.06. The Morgan fingerprint density at radius 2 is 1.76 bits per heavy atom. The van der Waals surface area contributed by atoms with Crippen LogP contribution >= 0.6 is 0 Å². The van der Waals surface area contributed by atoms with Crippen LogP contribution in [0.1, 0.15) is 11.1 Å². The summed E-state index contributed by atoms with van der Waals surface area (Å²) in [5.41, 5.74) is 3.03. The van der Waals surface area contributed by atoms with Gasteiger partial charge in [-0.15, -0.1) is 0 Å². The topological polar surface area (TPSA) is 22.1 Å². The van der Waals surface area contributed by atoms with Gasteiger partial charge in [-0.25, -0.2) is 0 Å². The molecule has 2 aromatic rings. The minimum atomic E-state index is 0.816. The van der Waals surface area contributed by atoms with E-state index in [0.717, 1.165) is 28.2 Å².